The van der Waals surface area contributed by atoms with Crippen LogP contribution in [0.2, 0.25) is 0 Å². The van der Waals surface area contributed by atoms with Crippen LogP contribution in [0.3, 0.4) is 0 Å². The molecule has 0 aromatic heterocycles. The Kier molecular flexibility index (Phi) is 10.1. The lowest BCUT2D eigenvalue weighted by Gasteiger charge is -2.35. The average Bonchev–Trinajstić information content (AvgIpc) is 3.04. The van der Waals surface area contributed by atoms with E-state index in [1.54, 1.807) is 24.3 Å². The van der Waals surface area contributed by atoms with Crippen molar-refractivity contribution in [2.45, 2.75) is 25.7 Å². The molecule has 4 rings (SSSR count). The van der Waals surface area contributed by atoms with Crippen molar-refractivity contribution in [2.24, 2.45) is 0 Å². The summed E-state index contributed by atoms with van der Waals surface area (Å²) < 4.78 is 62.0. The highest BCUT2D eigenvalue weighted by Crippen LogP contribution is 2.53. The van der Waals surface area contributed by atoms with E-state index in [9.17, 15) is 9.13 Å². The molecular weight excluding hydrogens is 574 g/mol. The second-order valence-corrected chi connectivity index (χ2v) is 14.0. The Morgan fingerprint density at radius 2 is 0.905 bits per heavy atom. The quantitative estimate of drug-likeness (QED) is 0.140. The van der Waals surface area contributed by atoms with Gasteiger partial charge in [0.2, 0.25) is 0 Å². The molecule has 0 unspecified atom stereocenters. The topological polar surface area (TPSA) is 89.5 Å². The molecule has 0 aliphatic carbocycles. The molecule has 4 aromatic rings. The monoisotopic (exact) mass is 610 g/mol. The number of hydrogen-bond donors (Lipinski definition) is 0. The van der Waals surface area contributed by atoms with Crippen LogP contribution in [0, 0.1) is 0 Å². The predicted molar refractivity (Wildman–Crippen MR) is 165 cm³/mol. The van der Waals surface area contributed by atoms with Gasteiger partial charge in [0.25, 0.3) is 0 Å². The van der Waals surface area contributed by atoms with Crippen molar-refractivity contribution in [1.29, 1.82) is 0 Å². The minimum atomic E-state index is -3.79. The summed E-state index contributed by atoms with van der Waals surface area (Å²) >= 11 is 0. The molecule has 0 radical (unpaired) electrons. The maximum absolute atomic E-state index is 14.0. The van der Waals surface area contributed by atoms with E-state index in [4.69, 9.17) is 27.6 Å². The normalized spacial score (nSPS) is 12.2. The fourth-order valence-corrected chi connectivity index (χ4v) is 7.74. The predicted octanol–water partition coefficient (Wildman–Crippen LogP) is 8.21. The second-order valence-electron chi connectivity index (χ2n) is 9.60. The van der Waals surface area contributed by atoms with Gasteiger partial charge in [-0.1, -0.05) is 62.4 Å². The van der Waals surface area contributed by atoms with Gasteiger partial charge < -0.3 is 27.6 Å². The van der Waals surface area contributed by atoms with Gasteiger partial charge in [-0.3, -0.25) is 9.13 Å². The molecule has 0 saturated carbocycles. The van der Waals surface area contributed by atoms with Gasteiger partial charge in [-0.05, 0) is 66.1 Å². The van der Waals surface area contributed by atoms with Gasteiger partial charge in [0.1, 0.15) is 23.0 Å². The molecule has 0 saturated heterocycles. The van der Waals surface area contributed by atoms with Crippen LogP contribution in [0.25, 0.3) is 0 Å². The molecule has 8 nitrogen and oxygen atoms in total. The minimum absolute atomic E-state index is 0.325. The molecule has 0 fully saturated rings. The SMILES string of the molecule is CCC(C)(c1ccc(Oc2ccccc2)cc1P(=O)(OC)OC)c1ccc(Oc2ccccc2)cc1P(=O)(OC)OC. The number of rotatable bonds is 13. The van der Waals surface area contributed by atoms with Crippen molar-refractivity contribution in [3.8, 4) is 23.0 Å². The summed E-state index contributed by atoms with van der Waals surface area (Å²) in [5.74, 6) is 2.16. The van der Waals surface area contributed by atoms with Crippen LogP contribution in [0.15, 0.2) is 97.1 Å². The molecule has 222 valence electrons. The summed E-state index contributed by atoms with van der Waals surface area (Å²) in [4.78, 5) is 0. The molecule has 0 amide bonds. The van der Waals surface area contributed by atoms with Gasteiger partial charge >= 0.3 is 15.2 Å². The molecule has 0 N–H and O–H groups in total. The van der Waals surface area contributed by atoms with Gasteiger partial charge in [0.05, 0.1) is 10.6 Å². The first-order valence-electron chi connectivity index (χ1n) is 13.4. The van der Waals surface area contributed by atoms with Gasteiger partial charge in [-0.15, -0.1) is 0 Å². The fraction of sp³-hybridized carbons (Fsp3) is 0.250. The molecule has 10 heteroatoms. The first kappa shape index (κ1) is 31.7. The smallest absolute Gasteiger partial charge is 0.361 e. The Labute approximate surface area is 247 Å². The Balaban J connectivity index is 1.93. The maximum atomic E-state index is 14.0. The first-order valence-corrected chi connectivity index (χ1v) is 16.4. The zero-order valence-electron chi connectivity index (χ0n) is 24.6. The summed E-state index contributed by atoms with van der Waals surface area (Å²) in [5.41, 5.74) is 0.434. The molecule has 0 heterocycles. The highest BCUT2D eigenvalue weighted by molar-refractivity contribution is 7.62. The van der Waals surface area contributed by atoms with Crippen molar-refractivity contribution >= 4 is 25.8 Å². The van der Waals surface area contributed by atoms with Crippen LogP contribution in [0.4, 0.5) is 0 Å². The molecule has 0 spiro atoms. The van der Waals surface area contributed by atoms with E-state index in [-0.39, 0.29) is 0 Å². The van der Waals surface area contributed by atoms with Crippen molar-refractivity contribution in [1.82, 2.24) is 0 Å². The van der Waals surface area contributed by atoms with Gasteiger partial charge in [-0.25, -0.2) is 0 Å². The summed E-state index contributed by atoms with van der Waals surface area (Å²) in [6.45, 7) is 3.97. The number of benzene rings is 4. The number of para-hydroxylation sites is 2. The Morgan fingerprint density at radius 3 is 1.21 bits per heavy atom. The van der Waals surface area contributed by atoms with Crippen molar-refractivity contribution < 1.29 is 36.7 Å². The van der Waals surface area contributed by atoms with E-state index in [1.807, 2.05) is 86.6 Å². The highest BCUT2D eigenvalue weighted by atomic mass is 31.2. The van der Waals surface area contributed by atoms with E-state index in [1.165, 1.54) is 28.4 Å². The van der Waals surface area contributed by atoms with Crippen LogP contribution in [-0.4, -0.2) is 28.4 Å². The van der Waals surface area contributed by atoms with Crippen molar-refractivity contribution in [3.63, 3.8) is 0 Å². The van der Waals surface area contributed by atoms with Crippen LogP contribution < -0.4 is 20.1 Å². The standard InChI is InChI=1S/C32H36O8P2/c1-7-32(2,28-20-18-26(39-24-14-10-8-11-15-24)22-30(28)41(33,35-3)36-4)29-21-19-27(40-25-16-12-9-13-17-25)23-31(29)42(34,37-5)38-6/h8-23H,7H2,1-6H3. The highest BCUT2D eigenvalue weighted by Gasteiger charge is 2.41. The molecule has 4 aromatic carbocycles. The van der Waals surface area contributed by atoms with Gasteiger partial charge in [-0.2, -0.15) is 0 Å². The molecule has 0 atom stereocenters. The third-order valence-corrected chi connectivity index (χ3v) is 11.2. The van der Waals surface area contributed by atoms with Crippen molar-refractivity contribution in [3.05, 3.63) is 108 Å². The minimum Gasteiger partial charge on any atom is -0.457 e. The lowest BCUT2D eigenvalue weighted by Crippen LogP contribution is -2.35. The first-order chi connectivity index (χ1) is 20.2. The van der Waals surface area contributed by atoms with Gasteiger partial charge in [0, 0.05) is 33.9 Å². The van der Waals surface area contributed by atoms with Crippen LogP contribution >= 0.6 is 15.2 Å². The Hall–Kier alpha value is -3.22. The van der Waals surface area contributed by atoms with E-state index >= 15 is 0 Å². The molecule has 0 aliphatic rings. The Morgan fingerprint density at radius 1 is 0.548 bits per heavy atom. The van der Waals surface area contributed by atoms with Crippen LogP contribution in [0.5, 0.6) is 23.0 Å². The van der Waals surface area contributed by atoms with Gasteiger partial charge in [0.15, 0.2) is 0 Å². The third-order valence-electron chi connectivity index (χ3n) is 7.34. The maximum Gasteiger partial charge on any atom is 0.361 e. The lowest BCUT2D eigenvalue weighted by molar-refractivity contribution is 0.286. The van der Waals surface area contributed by atoms with E-state index in [2.05, 4.69) is 0 Å². The second kappa shape index (κ2) is 13.4. The third kappa shape index (κ3) is 6.40. The lowest BCUT2D eigenvalue weighted by atomic mass is 9.74. The summed E-state index contributed by atoms with van der Waals surface area (Å²) in [6.07, 6.45) is 0.519. The fourth-order valence-electron chi connectivity index (χ4n) is 4.85. The average molecular weight is 611 g/mol. The summed E-state index contributed by atoms with van der Waals surface area (Å²) in [7, 11) is -2.23. The Bertz CT molecular complexity index is 1460. The van der Waals surface area contributed by atoms with Crippen LogP contribution in [0.1, 0.15) is 31.4 Å². The van der Waals surface area contributed by atoms with Crippen LogP contribution in [-0.2, 0) is 32.6 Å². The molecule has 42 heavy (non-hydrogen) atoms. The molecule has 0 bridgehead atoms. The zero-order valence-corrected chi connectivity index (χ0v) is 26.4. The molecule has 0 aliphatic heterocycles. The molecular formula is C32H36O8P2. The summed E-state index contributed by atoms with van der Waals surface area (Å²) in [5, 5.41) is 0.649. The number of ether oxygens (including phenoxy) is 2. The van der Waals surface area contributed by atoms with E-state index < -0.39 is 20.6 Å². The van der Waals surface area contributed by atoms with Crippen molar-refractivity contribution in [2.75, 3.05) is 28.4 Å². The largest absolute Gasteiger partial charge is 0.457 e. The summed E-state index contributed by atoms with van der Waals surface area (Å²) in [6, 6.07) is 29.2. The van der Waals surface area contributed by atoms with E-state index in [0.29, 0.717) is 51.2 Å². The zero-order chi connectivity index (χ0) is 30.4. The van der Waals surface area contributed by atoms with E-state index in [0.717, 1.165) is 0 Å². The number of hydrogen-bond acceptors (Lipinski definition) is 8.